The lowest BCUT2D eigenvalue weighted by Crippen LogP contribution is -1.99. The fraction of sp³-hybridized carbons (Fsp3) is 0.714. The Kier molecular flexibility index (Phi) is 6.30. The van der Waals surface area contributed by atoms with Gasteiger partial charge in [-0.3, -0.25) is 13.6 Å². The van der Waals surface area contributed by atoms with Crippen molar-refractivity contribution in [1.82, 2.24) is 0 Å². The molecule has 0 spiro atoms. The van der Waals surface area contributed by atoms with Crippen LogP contribution in [0.4, 0.5) is 0 Å². The number of hydrogen-bond acceptors (Lipinski definition) is 4. The first-order chi connectivity index (χ1) is 5.68. The van der Waals surface area contributed by atoms with Crippen molar-refractivity contribution in [2.24, 2.45) is 0 Å². The SMILES string of the molecule is C=CCOP(=O)(OCC)OCC. The third kappa shape index (κ3) is 4.67. The standard InChI is InChI=1S/C7H15O4P/c1-4-7-11-12(8,9-5-2)10-6-3/h4H,1,5-7H2,2-3H3. The van der Waals surface area contributed by atoms with Crippen LogP contribution in [0.1, 0.15) is 13.8 Å². The minimum absolute atomic E-state index is 0.164. The molecule has 5 heteroatoms. The summed E-state index contributed by atoms with van der Waals surface area (Å²) in [5, 5.41) is 0. The maximum Gasteiger partial charge on any atom is 0.475 e. The molecule has 0 aliphatic heterocycles. The van der Waals surface area contributed by atoms with Crippen molar-refractivity contribution in [1.29, 1.82) is 0 Å². The van der Waals surface area contributed by atoms with E-state index >= 15 is 0 Å². The highest BCUT2D eigenvalue weighted by atomic mass is 31.2. The molecule has 72 valence electrons. The van der Waals surface area contributed by atoms with Crippen molar-refractivity contribution in [3.8, 4) is 0 Å². The van der Waals surface area contributed by atoms with E-state index in [2.05, 4.69) is 6.58 Å². The fourth-order valence-electron chi connectivity index (χ4n) is 0.572. The minimum atomic E-state index is -3.31. The lowest BCUT2D eigenvalue weighted by molar-refractivity contribution is 0.131. The molecule has 0 amide bonds. The van der Waals surface area contributed by atoms with Crippen molar-refractivity contribution in [2.75, 3.05) is 19.8 Å². The van der Waals surface area contributed by atoms with Gasteiger partial charge in [-0.1, -0.05) is 6.08 Å². The predicted octanol–water partition coefficient (Wildman–Crippen LogP) is 2.37. The zero-order chi connectivity index (χ0) is 9.45. The molecule has 0 aliphatic carbocycles. The van der Waals surface area contributed by atoms with E-state index in [1.54, 1.807) is 13.8 Å². The van der Waals surface area contributed by atoms with E-state index < -0.39 is 7.82 Å². The summed E-state index contributed by atoms with van der Waals surface area (Å²) in [6.07, 6.45) is 1.49. The lowest BCUT2D eigenvalue weighted by Gasteiger charge is -2.14. The Morgan fingerprint density at radius 2 is 1.75 bits per heavy atom. The second kappa shape index (κ2) is 6.38. The van der Waals surface area contributed by atoms with Gasteiger partial charge in [-0.15, -0.1) is 6.58 Å². The van der Waals surface area contributed by atoms with Gasteiger partial charge < -0.3 is 0 Å². The molecule has 0 aromatic carbocycles. The van der Waals surface area contributed by atoms with Crippen LogP contribution in [0.25, 0.3) is 0 Å². The molecule has 0 N–H and O–H groups in total. The first-order valence-corrected chi connectivity index (χ1v) is 5.29. The normalized spacial score (nSPS) is 11.5. The second-order valence-electron chi connectivity index (χ2n) is 1.87. The summed E-state index contributed by atoms with van der Waals surface area (Å²) >= 11 is 0. The van der Waals surface area contributed by atoms with E-state index in [0.717, 1.165) is 0 Å². The van der Waals surface area contributed by atoms with Crippen LogP contribution in [0, 0.1) is 0 Å². The van der Waals surface area contributed by atoms with Crippen LogP contribution in [-0.4, -0.2) is 19.8 Å². The van der Waals surface area contributed by atoms with Gasteiger partial charge in [-0.05, 0) is 13.8 Å². The van der Waals surface area contributed by atoms with Crippen molar-refractivity contribution in [2.45, 2.75) is 13.8 Å². The largest absolute Gasteiger partial charge is 0.475 e. The number of phosphoric acid groups is 1. The van der Waals surface area contributed by atoms with Gasteiger partial charge in [0.25, 0.3) is 0 Å². The molecule has 0 bridgehead atoms. The Balaban J connectivity index is 3.98. The van der Waals surface area contributed by atoms with E-state index in [1.807, 2.05) is 0 Å². The van der Waals surface area contributed by atoms with Gasteiger partial charge in [0.15, 0.2) is 0 Å². The van der Waals surface area contributed by atoms with Crippen molar-refractivity contribution in [3.63, 3.8) is 0 Å². The van der Waals surface area contributed by atoms with Crippen LogP contribution in [0.3, 0.4) is 0 Å². The van der Waals surface area contributed by atoms with E-state index in [0.29, 0.717) is 13.2 Å². The third-order valence-electron chi connectivity index (χ3n) is 0.925. The van der Waals surface area contributed by atoms with Gasteiger partial charge in [0.05, 0.1) is 19.8 Å². The van der Waals surface area contributed by atoms with Crippen molar-refractivity contribution in [3.05, 3.63) is 12.7 Å². The van der Waals surface area contributed by atoms with Gasteiger partial charge >= 0.3 is 7.82 Å². The Bertz CT molecular complexity index is 159. The van der Waals surface area contributed by atoms with Crippen molar-refractivity contribution < 1.29 is 18.1 Å². The minimum Gasteiger partial charge on any atom is -0.287 e. The smallest absolute Gasteiger partial charge is 0.287 e. The first kappa shape index (κ1) is 11.8. The van der Waals surface area contributed by atoms with Crippen LogP contribution in [0.15, 0.2) is 12.7 Å². The molecular formula is C7H15O4P. The second-order valence-corrected chi connectivity index (χ2v) is 3.54. The molecule has 0 heterocycles. The van der Waals surface area contributed by atoms with Crippen LogP contribution in [0.2, 0.25) is 0 Å². The zero-order valence-corrected chi connectivity index (χ0v) is 8.38. The number of phosphoric ester groups is 1. The molecule has 4 nitrogen and oxygen atoms in total. The molecule has 0 saturated heterocycles. The van der Waals surface area contributed by atoms with Crippen LogP contribution < -0.4 is 0 Å². The number of rotatable bonds is 7. The summed E-state index contributed by atoms with van der Waals surface area (Å²) in [6.45, 7) is 7.64. The lowest BCUT2D eigenvalue weighted by atomic mass is 10.7. The molecule has 12 heavy (non-hydrogen) atoms. The Morgan fingerprint density at radius 1 is 1.25 bits per heavy atom. The predicted molar refractivity (Wildman–Crippen MR) is 47.0 cm³/mol. The molecule has 0 atom stereocenters. The fourth-order valence-corrected chi connectivity index (χ4v) is 1.72. The maximum absolute atomic E-state index is 11.5. The summed E-state index contributed by atoms with van der Waals surface area (Å²) in [6, 6.07) is 0. The van der Waals surface area contributed by atoms with Gasteiger partial charge in [-0.25, -0.2) is 4.57 Å². The Morgan fingerprint density at radius 3 is 2.08 bits per heavy atom. The average molecular weight is 194 g/mol. The Labute approximate surface area is 73.1 Å². The summed E-state index contributed by atoms with van der Waals surface area (Å²) in [4.78, 5) is 0. The summed E-state index contributed by atoms with van der Waals surface area (Å²) in [7, 11) is -3.31. The molecule has 0 fully saturated rings. The van der Waals surface area contributed by atoms with Gasteiger partial charge in [0.2, 0.25) is 0 Å². The van der Waals surface area contributed by atoms with Crippen molar-refractivity contribution >= 4 is 7.82 Å². The topological polar surface area (TPSA) is 44.8 Å². The first-order valence-electron chi connectivity index (χ1n) is 3.83. The summed E-state index contributed by atoms with van der Waals surface area (Å²) in [5.41, 5.74) is 0. The van der Waals surface area contributed by atoms with Crippen LogP contribution in [-0.2, 0) is 18.1 Å². The highest BCUT2D eigenvalue weighted by molar-refractivity contribution is 7.48. The molecule has 0 unspecified atom stereocenters. The van der Waals surface area contributed by atoms with Gasteiger partial charge in [0.1, 0.15) is 0 Å². The maximum atomic E-state index is 11.5. The highest BCUT2D eigenvalue weighted by Crippen LogP contribution is 2.48. The highest BCUT2D eigenvalue weighted by Gasteiger charge is 2.24. The average Bonchev–Trinajstić information content (AvgIpc) is 2.02. The molecule has 0 radical (unpaired) electrons. The Hall–Kier alpha value is -0.150. The molecule has 0 rings (SSSR count). The number of hydrogen-bond donors (Lipinski definition) is 0. The van der Waals surface area contributed by atoms with Gasteiger partial charge in [0, 0.05) is 0 Å². The van der Waals surface area contributed by atoms with Crippen LogP contribution >= 0.6 is 7.82 Å². The zero-order valence-electron chi connectivity index (χ0n) is 7.49. The van der Waals surface area contributed by atoms with E-state index in [-0.39, 0.29) is 6.61 Å². The van der Waals surface area contributed by atoms with Crippen LogP contribution in [0.5, 0.6) is 0 Å². The third-order valence-corrected chi connectivity index (χ3v) is 2.54. The quantitative estimate of drug-likeness (QED) is 0.461. The monoisotopic (exact) mass is 194 g/mol. The summed E-state index contributed by atoms with van der Waals surface area (Å²) in [5.74, 6) is 0. The molecule has 0 aromatic rings. The van der Waals surface area contributed by atoms with E-state index in [9.17, 15) is 4.57 Å². The molecular weight excluding hydrogens is 179 g/mol. The van der Waals surface area contributed by atoms with E-state index in [1.165, 1.54) is 6.08 Å². The molecule has 0 aliphatic rings. The molecule has 0 aromatic heterocycles. The van der Waals surface area contributed by atoms with Gasteiger partial charge in [-0.2, -0.15) is 0 Å². The summed E-state index contributed by atoms with van der Waals surface area (Å²) < 4.78 is 26.0. The molecule has 0 saturated carbocycles. The van der Waals surface area contributed by atoms with E-state index in [4.69, 9.17) is 13.6 Å².